The maximum Gasteiger partial charge on any atom is 0.514 e. The molecule has 0 aliphatic carbocycles. The second-order valence-electron chi connectivity index (χ2n) is 16.7. The largest absolute Gasteiger partial charge is 0.514 e. The van der Waals surface area contributed by atoms with Crippen molar-refractivity contribution in [3.05, 3.63) is 184 Å². The van der Waals surface area contributed by atoms with Gasteiger partial charge in [-0.1, -0.05) is 149 Å². The lowest BCUT2D eigenvalue weighted by molar-refractivity contribution is 0.0204. The van der Waals surface area contributed by atoms with Crippen LogP contribution in [0, 0.1) is 27.7 Å². The maximum absolute atomic E-state index is 13.6. The molecule has 0 spiro atoms. The normalized spacial score (nSPS) is 12.4. The molecule has 0 saturated carbocycles. The van der Waals surface area contributed by atoms with Crippen LogP contribution in [0.1, 0.15) is 110 Å². The van der Waals surface area contributed by atoms with Crippen LogP contribution in [0.25, 0.3) is 11.1 Å². The Kier molecular flexibility index (Phi) is 13.3. The number of carbonyl (C=O) groups is 1. The summed E-state index contributed by atoms with van der Waals surface area (Å²) in [6.45, 7) is 22.4. The summed E-state index contributed by atoms with van der Waals surface area (Å²) >= 11 is 0. The first-order chi connectivity index (χ1) is 28.1. The molecule has 6 aromatic rings. The van der Waals surface area contributed by atoms with E-state index in [1.807, 2.05) is 106 Å². The second-order valence-corrected chi connectivity index (χ2v) is 17.7. The van der Waals surface area contributed by atoms with Crippen molar-refractivity contribution in [1.29, 1.82) is 0 Å². The molecule has 0 heterocycles. The number of ether oxygens (including phenoxy) is 2. The summed E-state index contributed by atoms with van der Waals surface area (Å²) in [5, 5.41) is 0. The number of hydrogen-bond acceptors (Lipinski definition) is 6. The Labute approximate surface area is 352 Å². The molecule has 1 unspecified atom stereocenters. The molecule has 6 nitrogen and oxygen atoms in total. The summed E-state index contributed by atoms with van der Waals surface area (Å²) in [6.07, 6.45) is -0.767. The van der Waals surface area contributed by atoms with Crippen molar-refractivity contribution in [1.82, 2.24) is 0 Å². The first-order valence-electron chi connectivity index (χ1n) is 20.4. The van der Waals surface area contributed by atoms with Gasteiger partial charge in [0.2, 0.25) is 0 Å². The van der Waals surface area contributed by atoms with Gasteiger partial charge in [-0.25, -0.2) is 4.79 Å². The quantitative estimate of drug-likeness (QED) is 0.0501. The van der Waals surface area contributed by atoms with E-state index in [9.17, 15) is 4.79 Å². The van der Waals surface area contributed by atoms with E-state index in [2.05, 4.69) is 104 Å². The predicted octanol–water partition coefficient (Wildman–Crippen LogP) is 14.8. The van der Waals surface area contributed by atoms with Gasteiger partial charge in [0.15, 0.2) is 5.60 Å². The van der Waals surface area contributed by atoms with Gasteiger partial charge < -0.3 is 18.5 Å². The number of carbonyl (C=O) groups excluding carboxylic acids is 1. The molecule has 0 saturated heterocycles. The van der Waals surface area contributed by atoms with Gasteiger partial charge >= 0.3 is 14.8 Å². The van der Waals surface area contributed by atoms with Crippen molar-refractivity contribution in [3.63, 3.8) is 0 Å². The molecule has 1 atom stereocenters. The molecule has 0 aliphatic rings. The fraction of sp³-hybridized carbons (Fsp3) is 0.288. The van der Waals surface area contributed by atoms with E-state index in [1.54, 1.807) is 0 Å². The van der Waals surface area contributed by atoms with E-state index in [0.717, 1.165) is 61.2 Å². The fourth-order valence-corrected chi connectivity index (χ4v) is 8.64. The molecule has 0 N–H and O–H groups in total. The smallest absolute Gasteiger partial charge is 0.428 e. The minimum Gasteiger partial charge on any atom is -0.428 e. The topological polar surface area (TPSA) is 63.2 Å². The number of hydrogen-bond donors (Lipinski definition) is 0. The van der Waals surface area contributed by atoms with Crippen LogP contribution in [-0.4, -0.2) is 11.8 Å². The lowest BCUT2D eigenvalue weighted by Gasteiger charge is -2.37. The van der Waals surface area contributed by atoms with E-state index >= 15 is 0 Å². The van der Waals surface area contributed by atoms with Gasteiger partial charge in [0.25, 0.3) is 0 Å². The number of benzene rings is 6. The van der Waals surface area contributed by atoms with Crippen LogP contribution >= 0.6 is 8.60 Å². The molecule has 6 aromatic carbocycles. The molecule has 0 fully saturated rings. The monoisotopic (exact) mass is 808 g/mol. The van der Waals surface area contributed by atoms with Crippen LogP contribution < -0.4 is 13.8 Å². The van der Waals surface area contributed by atoms with Crippen molar-refractivity contribution >= 4 is 14.8 Å². The molecular weight excluding hydrogens is 752 g/mol. The SMILES string of the molecule is Cc1cc(C(C)C)c(OC(=O)OC(C)(C)C)c(-c2c(C)c(C)cc(C(C)C)c2OP(Oc2ccccc2)OC(c2ccccc2)(c2ccccc2)c2ccccc2)c1C. The highest BCUT2D eigenvalue weighted by molar-refractivity contribution is 7.42. The van der Waals surface area contributed by atoms with Crippen molar-refractivity contribution in [2.75, 3.05) is 0 Å². The molecule has 0 aromatic heterocycles. The van der Waals surface area contributed by atoms with Gasteiger partial charge in [0, 0.05) is 11.1 Å². The Morgan fingerprint density at radius 3 is 1.34 bits per heavy atom. The molecule has 0 aliphatic heterocycles. The Balaban J connectivity index is 1.66. The standard InChI is InChI=1S/C52H57O6P/c1-34(2)44-32-36(5)38(7)46(48(44)54-50(53)55-51(9,10)11)47-39(8)37(6)33-45(35(3)4)49(47)57-59(56-43-30-22-15-23-31-43)58-52(40-24-16-12-17-25-40,41-26-18-13-19-27-41)42-28-20-14-21-29-42/h12-35H,1-11H3. The van der Waals surface area contributed by atoms with E-state index in [1.165, 1.54) is 0 Å². The zero-order valence-corrected chi connectivity index (χ0v) is 37.1. The lowest BCUT2D eigenvalue weighted by Crippen LogP contribution is -2.32. The molecular formula is C52H57O6P. The molecule has 0 amide bonds. The Bertz CT molecular complexity index is 2250. The van der Waals surface area contributed by atoms with Crippen LogP contribution in [0.4, 0.5) is 4.79 Å². The second kappa shape index (κ2) is 18.2. The molecule has 59 heavy (non-hydrogen) atoms. The third-order valence-corrected chi connectivity index (χ3v) is 11.7. The van der Waals surface area contributed by atoms with Crippen molar-refractivity contribution in [3.8, 4) is 28.4 Å². The van der Waals surface area contributed by atoms with Crippen molar-refractivity contribution in [2.24, 2.45) is 0 Å². The third kappa shape index (κ3) is 9.57. The summed E-state index contributed by atoms with van der Waals surface area (Å²) in [5.41, 5.74) is 8.37. The first kappa shape index (κ1) is 43.2. The van der Waals surface area contributed by atoms with Crippen LogP contribution in [0.5, 0.6) is 17.2 Å². The maximum atomic E-state index is 13.6. The molecule has 6 rings (SSSR count). The first-order valence-corrected chi connectivity index (χ1v) is 21.5. The average Bonchev–Trinajstić information content (AvgIpc) is 3.20. The van der Waals surface area contributed by atoms with E-state index in [0.29, 0.717) is 17.2 Å². The summed E-state index contributed by atoms with van der Waals surface area (Å²) in [7, 11) is -2.26. The highest BCUT2D eigenvalue weighted by atomic mass is 31.2. The molecule has 0 bridgehead atoms. The van der Waals surface area contributed by atoms with Crippen LogP contribution in [-0.2, 0) is 14.9 Å². The van der Waals surface area contributed by atoms with E-state index in [4.69, 9.17) is 23.0 Å². The van der Waals surface area contributed by atoms with Crippen molar-refractivity contribution < 1.29 is 27.8 Å². The van der Waals surface area contributed by atoms with Gasteiger partial charge in [-0.05, 0) is 123 Å². The number of aryl methyl sites for hydroxylation is 2. The van der Waals surface area contributed by atoms with Crippen LogP contribution in [0.15, 0.2) is 133 Å². The summed E-state index contributed by atoms with van der Waals surface area (Å²) < 4.78 is 34.0. The molecule has 7 heteroatoms. The van der Waals surface area contributed by atoms with Gasteiger partial charge in [-0.15, -0.1) is 0 Å². The molecule has 306 valence electrons. The highest BCUT2D eigenvalue weighted by Gasteiger charge is 2.43. The Hall–Kier alpha value is -5.42. The third-order valence-electron chi connectivity index (χ3n) is 10.6. The zero-order valence-electron chi connectivity index (χ0n) is 36.3. The lowest BCUT2D eigenvalue weighted by atomic mass is 9.80. The van der Waals surface area contributed by atoms with Gasteiger partial charge in [-0.2, -0.15) is 0 Å². The Morgan fingerprint density at radius 2 is 0.932 bits per heavy atom. The van der Waals surface area contributed by atoms with Crippen LogP contribution in [0.3, 0.4) is 0 Å². The number of rotatable bonds is 13. The Morgan fingerprint density at radius 1 is 0.542 bits per heavy atom. The average molecular weight is 809 g/mol. The van der Waals surface area contributed by atoms with Gasteiger partial charge in [0.05, 0.1) is 0 Å². The van der Waals surface area contributed by atoms with Crippen LogP contribution in [0.2, 0.25) is 0 Å². The van der Waals surface area contributed by atoms with Gasteiger partial charge in [0.1, 0.15) is 22.8 Å². The fourth-order valence-electron chi connectivity index (χ4n) is 7.35. The minimum absolute atomic E-state index is 0.0228. The predicted molar refractivity (Wildman–Crippen MR) is 241 cm³/mol. The van der Waals surface area contributed by atoms with Gasteiger partial charge in [-0.3, -0.25) is 4.52 Å². The number of para-hydroxylation sites is 1. The summed E-state index contributed by atoms with van der Waals surface area (Å²) in [5.74, 6) is 1.71. The highest BCUT2D eigenvalue weighted by Crippen LogP contribution is 2.57. The zero-order chi connectivity index (χ0) is 42.5. The van der Waals surface area contributed by atoms with E-state index in [-0.39, 0.29) is 11.8 Å². The molecule has 0 radical (unpaired) electrons. The van der Waals surface area contributed by atoms with E-state index < -0.39 is 26.0 Å². The minimum atomic E-state index is -2.26. The van der Waals surface area contributed by atoms with Crippen molar-refractivity contribution in [2.45, 2.75) is 99.2 Å². The summed E-state index contributed by atoms with van der Waals surface area (Å²) in [4.78, 5) is 13.6. The summed E-state index contributed by atoms with van der Waals surface area (Å²) in [6, 6.07) is 44.6.